The van der Waals surface area contributed by atoms with Crippen molar-refractivity contribution in [2.75, 3.05) is 58.9 Å². The van der Waals surface area contributed by atoms with E-state index in [1.165, 1.54) is 16.2 Å². The van der Waals surface area contributed by atoms with Crippen molar-refractivity contribution in [2.24, 2.45) is 0 Å². The fourth-order valence-corrected chi connectivity index (χ4v) is 4.64. The van der Waals surface area contributed by atoms with Gasteiger partial charge in [0.15, 0.2) is 0 Å². The molecule has 0 atom stereocenters. The van der Waals surface area contributed by atoms with Crippen LogP contribution in [0, 0.1) is 0 Å². The number of amides is 2. The zero-order valence-corrected chi connectivity index (χ0v) is 19.1. The third-order valence-electron chi connectivity index (χ3n) is 5.56. The van der Waals surface area contributed by atoms with Crippen molar-refractivity contribution in [2.45, 2.75) is 6.42 Å². The Morgan fingerprint density at radius 2 is 1.88 bits per heavy atom. The highest BCUT2D eigenvalue weighted by molar-refractivity contribution is 7.11. The summed E-state index contributed by atoms with van der Waals surface area (Å²) in [5, 5.41) is 5.06. The lowest BCUT2D eigenvalue weighted by Crippen LogP contribution is -2.39. The number of carbonyl (C=O) groups is 2. The van der Waals surface area contributed by atoms with Crippen LogP contribution in [-0.4, -0.2) is 75.2 Å². The van der Waals surface area contributed by atoms with E-state index >= 15 is 0 Å². The fraction of sp³-hybridized carbons (Fsp3) is 0.391. The number of benzene rings is 1. The molecule has 0 radical (unpaired) electrons. The molecule has 4 rings (SSSR count). The third kappa shape index (κ3) is 4.64. The van der Waals surface area contributed by atoms with E-state index in [-0.39, 0.29) is 17.5 Å². The molecular weight excluding hydrogens is 430 g/mol. The second-order valence-corrected chi connectivity index (χ2v) is 8.44. The number of hydrogen-bond acceptors (Lipinski definition) is 8. The van der Waals surface area contributed by atoms with Crippen molar-refractivity contribution in [1.82, 2.24) is 9.80 Å². The van der Waals surface area contributed by atoms with E-state index in [9.17, 15) is 9.59 Å². The molecule has 2 amide bonds. The first kappa shape index (κ1) is 22.3. The van der Waals surface area contributed by atoms with Crippen LogP contribution < -0.4 is 14.8 Å². The summed E-state index contributed by atoms with van der Waals surface area (Å²) in [7, 11) is 3.13. The number of rotatable bonds is 9. The fourth-order valence-electron chi connectivity index (χ4n) is 3.87. The first-order valence-corrected chi connectivity index (χ1v) is 11.4. The maximum Gasteiger partial charge on any atom is 0.278 e. The number of methoxy groups -OCH3 is 2. The molecule has 0 aliphatic carbocycles. The first-order valence-electron chi connectivity index (χ1n) is 10.6. The normalized spacial score (nSPS) is 17.2. The first-order chi connectivity index (χ1) is 15.6. The van der Waals surface area contributed by atoms with Gasteiger partial charge in [0.2, 0.25) is 0 Å². The average molecular weight is 458 g/mol. The zero-order chi connectivity index (χ0) is 22.5. The van der Waals surface area contributed by atoms with Gasteiger partial charge in [0.1, 0.15) is 17.2 Å². The topological polar surface area (TPSA) is 80.3 Å². The number of carbonyl (C=O) groups excluding carboxylic acids is 2. The minimum absolute atomic E-state index is 0.260. The van der Waals surface area contributed by atoms with Crippen LogP contribution in [0.2, 0.25) is 0 Å². The van der Waals surface area contributed by atoms with Crippen LogP contribution in [0.4, 0.5) is 5.69 Å². The maximum absolute atomic E-state index is 13.3. The van der Waals surface area contributed by atoms with Gasteiger partial charge in [-0.05, 0) is 30.0 Å². The lowest BCUT2D eigenvalue weighted by atomic mass is 10.1. The van der Waals surface area contributed by atoms with Gasteiger partial charge >= 0.3 is 0 Å². The van der Waals surface area contributed by atoms with E-state index in [0.29, 0.717) is 35.7 Å². The molecule has 2 aromatic rings. The summed E-state index contributed by atoms with van der Waals surface area (Å²) in [5.74, 6) is 0.564. The number of morpholine rings is 1. The second-order valence-electron chi connectivity index (χ2n) is 7.49. The molecule has 32 heavy (non-hydrogen) atoms. The van der Waals surface area contributed by atoms with Gasteiger partial charge in [-0.3, -0.25) is 19.4 Å². The summed E-state index contributed by atoms with van der Waals surface area (Å²) in [6, 6.07) is 9.01. The van der Waals surface area contributed by atoms with Crippen LogP contribution in [0.5, 0.6) is 11.5 Å². The molecule has 3 heterocycles. The third-order valence-corrected chi connectivity index (χ3v) is 6.45. The van der Waals surface area contributed by atoms with Crippen molar-refractivity contribution in [3.8, 4) is 11.5 Å². The van der Waals surface area contributed by atoms with Crippen molar-refractivity contribution in [3.63, 3.8) is 0 Å². The molecule has 170 valence electrons. The van der Waals surface area contributed by atoms with Crippen molar-refractivity contribution >= 4 is 34.4 Å². The summed E-state index contributed by atoms with van der Waals surface area (Å²) >= 11 is 1.43. The van der Waals surface area contributed by atoms with Crippen molar-refractivity contribution in [1.29, 1.82) is 0 Å². The van der Waals surface area contributed by atoms with Gasteiger partial charge in [-0.15, -0.1) is 11.3 Å². The van der Waals surface area contributed by atoms with E-state index in [1.807, 2.05) is 17.5 Å². The molecule has 0 unspecified atom stereocenters. The minimum atomic E-state index is -0.328. The van der Waals surface area contributed by atoms with Crippen molar-refractivity contribution < 1.29 is 23.8 Å². The second kappa shape index (κ2) is 10.2. The Hall–Kier alpha value is -2.88. The summed E-state index contributed by atoms with van der Waals surface area (Å²) in [6.07, 6.45) is 0.713. The Morgan fingerprint density at radius 1 is 1.06 bits per heavy atom. The average Bonchev–Trinajstić information content (AvgIpc) is 3.42. The predicted molar refractivity (Wildman–Crippen MR) is 123 cm³/mol. The molecule has 0 bridgehead atoms. The maximum atomic E-state index is 13.3. The Kier molecular flexibility index (Phi) is 7.09. The number of nitrogens with one attached hydrogen (secondary N) is 1. The standard InChI is InChI=1S/C23H27N3O5S/c1-29-16-6-7-18(30-2)17(15-16)24-21-20(19-5-3-14-32-19)22(27)26(23(21)28)9-4-8-25-10-12-31-13-11-25/h3,5-7,14-15,24H,4,8-13H2,1-2H3. The number of imide groups is 1. The Labute approximate surface area is 191 Å². The summed E-state index contributed by atoms with van der Waals surface area (Å²) < 4.78 is 16.1. The lowest BCUT2D eigenvalue weighted by Gasteiger charge is -2.27. The van der Waals surface area contributed by atoms with Crippen LogP contribution in [-0.2, 0) is 14.3 Å². The van der Waals surface area contributed by atoms with Crippen LogP contribution in [0.1, 0.15) is 11.3 Å². The molecular formula is C23H27N3O5S. The summed E-state index contributed by atoms with van der Waals surface area (Å²) in [5.41, 5.74) is 1.21. The van der Waals surface area contributed by atoms with Crippen molar-refractivity contribution in [3.05, 3.63) is 46.3 Å². The predicted octanol–water partition coefficient (Wildman–Crippen LogP) is 2.68. The lowest BCUT2D eigenvalue weighted by molar-refractivity contribution is -0.136. The molecule has 1 aromatic heterocycles. The zero-order valence-electron chi connectivity index (χ0n) is 18.3. The molecule has 2 aliphatic heterocycles. The molecule has 8 nitrogen and oxygen atoms in total. The monoisotopic (exact) mass is 457 g/mol. The molecule has 0 spiro atoms. The van der Waals surface area contributed by atoms with Gasteiger partial charge in [0, 0.05) is 37.1 Å². The van der Waals surface area contributed by atoms with Gasteiger partial charge < -0.3 is 19.5 Å². The van der Waals surface area contributed by atoms with E-state index in [0.717, 1.165) is 37.7 Å². The number of ether oxygens (including phenoxy) is 3. The molecule has 1 aromatic carbocycles. The highest BCUT2D eigenvalue weighted by Gasteiger charge is 2.39. The van der Waals surface area contributed by atoms with E-state index in [2.05, 4.69) is 10.2 Å². The molecule has 1 saturated heterocycles. The summed E-state index contributed by atoms with van der Waals surface area (Å²) in [4.78, 5) is 31.0. The summed E-state index contributed by atoms with van der Waals surface area (Å²) in [6.45, 7) is 4.39. The van der Waals surface area contributed by atoms with Gasteiger partial charge in [-0.1, -0.05) is 6.07 Å². The molecule has 0 saturated carbocycles. The van der Waals surface area contributed by atoms with Crippen LogP contribution in [0.25, 0.3) is 5.57 Å². The Bertz CT molecular complexity index is 999. The van der Waals surface area contributed by atoms with Gasteiger partial charge in [0.25, 0.3) is 11.8 Å². The number of hydrogen-bond donors (Lipinski definition) is 1. The molecule has 1 N–H and O–H groups in total. The molecule has 9 heteroatoms. The van der Waals surface area contributed by atoms with Gasteiger partial charge in [-0.2, -0.15) is 0 Å². The quantitative estimate of drug-likeness (QED) is 0.580. The minimum Gasteiger partial charge on any atom is -0.497 e. The van der Waals surface area contributed by atoms with Crippen LogP contribution in [0.3, 0.4) is 0 Å². The van der Waals surface area contributed by atoms with Gasteiger partial charge in [-0.25, -0.2) is 0 Å². The smallest absolute Gasteiger partial charge is 0.278 e. The van der Waals surface area contributed by atoms with E-state index in [1.54, 1.807) is 32.4 Å². The molecule has 1 fully saturated rings. The highest BCUT2D eigenvalue weighted by Crippen LogP contribution is 2.36. The number of thiophene rings is 1. The largest absolute Gasteiger partial charge is 0.497 e. The van der Waals surface area contributed by atoms with Crippen LogP contribution in [0.15, 0.2) is 41.4 Å². The Morgan fingerprint density at radius 3 is 2.56 bits per heavy atom. The number of nitrogens with zero attached hydrogens (tertiary/aromatic N) is 2. The SMILES string of the molecule is COc1ccc(OC)c(NC2=C(c3cccs3)C(=O)N(CCCN3CCOCC3)C2=O)c1. The van der Waals surface area contributed by atoms with E-state index in [4.69, 9.17) is 14.2 Å². The van der Waals surface area contributed by atoms with E-state index < -0.39 is 0 Å². The highest BCUT2D eigenvalue weighted by atomic mass is 32.1. The van der Waals surface area contributed by atoms with Gasteiger partial charge in [0.05, 0.1) is 38.7 Å². The van der Waals surface area contributed by atoms with Crippen LogP contribution >= 0.6 is 11.3 Å². The molecule has 2 aliphatic rings. The number of anilines is 1. The Balaban J connectivity index is 1.57.